The predicted octanol–water partition coefficient (Wildman–Crippen LogP) is 5.87. The molecule has 2 amide bonds. The Balaban J connectivity index is 1.20. The number of hydrogen-bond acceptors (Lipinski definition) is 11. The Bertz CT molecular complexity index is 1800. The van der Waals surface area contributed by atoms with Crippen LogP contribution in [-0.4, -0.2) is 71.0 Å². The number of amides is 2. The maximum absolute atomic E-state index is 13.1. The molecule has 0 saturated heterocycles. The predicted molar refractivity (Wildman–Crippen MR) is 189 cm³/mol. The second-order valence-corrected chi connectivity index (χ2v) is 13.7. The zero-order valence-electron chi connectivity index (χ0n) is 29.4. The van der Waals surface area contributed by atoms with Crippen LogP contribution in [0.15, 0.2) is 48.5 Å². The molecule has 0 bridgehead atoms. The molecule has 17 heteroatoms. The molecule has 2 aromatic carbocycles. The molecule has 2 fully saturated rings. The van der Waals surface area contributed by atoms with E-state index >= 15 is 0 Å². The van der Waals surface area contributed by atoms with Gasteiger partial charge in [-0.3, -0.25) is 14.4 Å². The van der Waals surface area contributed by atoms with Gasteiger partial charge in [0, 0.05) is 29.2 Å². The number of benzene rings is 2. The van der Waals surface area contributed by atoms with Crippen LogP contribution in [0.2, 0.25) is 5.02 Å². The molecule has 5 rings (SSSR count). The van der Waals surface area contributed by atoms with E-state index in [9.17, 15) is 32.3 Å². The van der Waals surface area contributed by atoms with E-state index in [0.717, 1.165) is 31.9 Å². The number of anilines is 3. The van der Waals surface area contributed by atoms with E-state index in [2.05, 4.69) is 50.1 Å². The Morgan fingerprint density at radius 3 is 2.21 bits per heavy atom. The normalized spacial score (nSPS) is 17.2. The van der Waals surface area contributed by atoms with Gasteiger partial charge < -0.3 is 30.7 Å². The molecule has 2 aliphatic carbocycles. The number of ketones is 1. The number of hydrogen-bond donors (Lipinski definition) is 4. The highest BCUT2D eigenvalue weighted by Crippen LogP contribution is 2.57. The smallest absolute Gasteiger partial charge is 0.422 e. The Hall–Kier alpha value is -4.99. The van der Waals surface area contributed by atoms with Crippen molar-refractivity contribution in [3.05, 3.63) is 64.7 Å². The zero-order chi connectivity index (χ0) is 38.4. The monoisotopic (exact) mass is 759 g/mol. The summed E-state index contributed by atoms with van der Waals surface area (Å²) in [5.74, 6) is -2.69. The van der Waals surface area contributed by atoms with Crippen molar-refractivity contribution in [1.82, 2.24) is 25.6 Å². The molecule has 13 nitrogen and oxygen atoms in total. The van der Waals surface area contributed by atoms with Gasteiger partial charge in [0.15, 0.2) is 6.61 Å². The first-order valence-corrected chi connectivity index (χ1v) is 17.6. The van der Waals surface area contributed by atoms with E-state index in [-0.39, 0.29) is 35.7 Å². The first kappa shape index (κ1) is 39.2. The number of nitrogens with zero attached hydrogens (tertiary/aromatic N) is 3. The molecule has 0 radical (unpaired) electrons. The van der Waals surface area contributed by atoms with Crippen molar-refractivity contribution in [1.29, 1.82) is 0 Å². The minimum Gasteiger partial charge on any atom is -0.467 e. The van der Waals surface area contributed by atoms with Crippen molar-refractivity contribution in [2.24, 2.45) is 11.3 Å². The number of aromatic nitrogens is 3. The Morgan fingerprint density at radius 1 is 0.962 bits per heavy atom. The van der Waals surface area contributed by atoms with Gasteiger partial charge in [-0.1, -0.05) is 50.4 Å². The lowest BCUT2D eigenvalue weighted by atomic mass is 9.97. The second-order valence-electron chi connectivity index (χ2n) is 13.3. The molecule has 1 aromatic heterocycles. The molecule has 4 N–H and O–H groups in total. The van der Waals surface area contributed by atoms with Gasteiger partial charge >= 0.3 is 18.2 Å². The van der Waals surface area contributed by atoms with E-state index in [1.807, 2.05) is 12.1 Å². The van der Waals surface area contributed by atoms with E-state index in [1.165, 1.54) is 24.3 Å². The van der Waals surface area contributed by atoms with Crippen molar-refractivity contribution in [2.75, 3.05) is 30.9 Å². The minimum atomic E-state index is -4.63. The Kier molecular flexibility index (Phi) is 12.1. The van der Waals surface area contributed by atoms with Gasteiger partial charge in [-0.25, -0.2) is 4.79 Å². The lowest BCUT2D eigenvalue weighted by Gasteiger charge is -2.19. The summed E-state index contributed by atoms with van der Waals surface area (Å²) in [7, 11) is 1.14. The van der Waals surface area contributed by atoms with Crippen LogP contribution in [0.25, 0.3) is 0 Å². The highest BCUT2D eigenvalue weighted by Gasteiger charge is 2.50. The maximum Gasteiger partial charge on any atom is 0.422 e. The van der Waals surface area contributed by atoms with Crippen LogP contribution in [0, 0.1) is 11.3 Å². The number of carbonyl (C=O) groups excluding carboxylic acids is 4. The summed E-state index contributed by atoms with van der Waals surface area (Å²) in [4.78, 5) is 62.9. The molecule has 53 heavy (non-hydrogen) atoms. The van der Waals surface area contributed by atoms with E-state index in [4.69, 9.17) is 21.1 Å². The van der Waals surface area contributed by atoms with Gasteiger partial charge in [0.25, 0.3) is 11.8 Å². The number of carbonyl (C=O) groups is 4. The second kappa shape index (κ2) is 16.4. The lowest BCUT2D eigenvalue weighted by Crippen LogP contribution is -2.42. The first-order valence-electron chi connectivity index (χ1n) is 17.2. The van der Waals surface area contributed by atoms with Crippen molar-refractivity contribution in [2.45, 2.75) is 76.6 Å². The van der Waals surface area contributed by atoms with Crippen molar-refractivity contribution < 1.29 is 41.8 Å². The molecule has 0 aliphatic heterocycles. The highest BCUT2D eigenvalue weighted by atomic mass is 35.5. The highest BCUT2D eigenvalue weighted by molar-refractivity contribution is 6.36. The minimum absolute atomic E-state index is 0.0223. The number of ether oxygens (including phenoxy) is 2. The standard InChI is InChI=1S/C36H41ClF3N7O6/c1-4-34(5-2)18-23(34)19-41-29(50)27(48)15-14-26(30(51)52-3)43-28(49)21-6-12-25(13-7-21)42-31-44-32(46-33(45-31)53-20-36(38,39)40)47-35(16-17-35)22-8-10-24(37)11-9-22/h6-13,23,26H,4-5,14-20H2,1-3H3,(H,41,50)(H,43,49)(H2,42,44,45,46,47)/t23?,26-/m0/s1. The molecule has 2 atom stereocenters. The van der Waals surface area contributed by atoms with Crippen LogP contribution in [0.5, 0.6) is 6.01 Å². The van der Waals surface area contributed by atoms with E-state index in [0.29, 0.717) is 36.0 Å². The zero-order valence-corrected chi connectivity index (χ0v) is 30.2. The fraction of sp³-hybridized carbons (Fsp3) is 0.472. The average Bonchev–Trinajstić information content (AvgIpc) is 4.07. The van der Waals surface area contributed by atoms with Crippen molar-refractivity contribution in [3.8, 4) is 6.01 Å². The Morgan fingerprint density at radius 2 is 1.62 bits per heavy atom. The SMILES string of the molecule is CCC1(CC)CC1CNC(=O)C(=O)CC[C@H](NC(=O)c1ccc(Nc2nc(NC3(c4ccc(Cl)cc4)CC3)nc(OCC(F)(F)F)n2)cc1)C(=O)OC. The van der Waals surface area contributed by atoms with Gasteiger partial charge in [0.1, 0.15) is 6.04 Å². The summed E-state index contributed by atoms with van der Waals surface area (Å²) < 4.78 is 48.5. The van der Waals surface area contributed by atoms with E-state index in [1.54, 1.807) is 12.1 Å². The summed E-state index contributed by atoms with van der Waals surface area (Å²) in [5, 5.41) is 11.9. The number of nitrogens with one attached hydrogen (secondary N) is 4. The van der Waals surface area contributed by atoms with Gasteiger partial charge in [-0.2, -0.15) is 28.1 Å². The third-order valence-electron chi connectivity index (χ3n) is 9.86. The summed E-state index contributed by atoms with van der Waals surface area (Å²) in [6, 6.07) is 11.2. The molecule has 1 heterocycles. The molecule has 284 valence electrons. The van der Waals surface area contributed by atoms with Gasteiger partial charge in [-0.05, 0) is 79.0 Å². The summed E-state index contributed by atoms with van der Waals surface area (Å²) in [5.41, 5.74) is 1.07. The molecule has 2 aliphatic rings. The third kappa shape index (κ3) is 10.3. The molecule has 2 saturated carbocycles. The summed E-state index contributed by atoms with van der Waals surface area (Å²) in [6.07, 6.45) is -0.625. The topological polar surface area (TPSA) is 174 Å². The van der Waals surface area contributed by atoms with Crippen LogP contribution < -0.4 is 26.0 Å². The summed E-state index contributed by atoms with van der Waals surface area (Å²) in [6.45, 7) is 3.02. The third-order valence-corrected chi connectivity index (χ3v) is 10.1. The van der Waals surface area contributed by atoms with Crippen LogP contribution in [-0.2, 0) is 24.7 Å². The number of esters is 1. The number of rotatable bonds is 18. The lowest BCUT2D eigenvalue weighted by molar-refractivity contribution is -0.154. The molecular formula is C36H41ClF3N7O6. The first-order chi connectivity index (χ1) is 25.2. The van der Waals surface area contributed by atoms with Crippen molar-refractivity contribution >= 4 is 52.8 Å². The van der Waals surface area contributed by atoms with E-state index < -0.39 is 53.9 Å². The average molecular weight is 760 g/mol. The fourth-order valence-corrected chi connectivity index (χ4v) is 6.41. The van der Waals surface area contributed by atoms with Gasteiger partial charge in [0.05, 0.1) is 12.6 Å². The number of methoxy groups -OCH3 is 1. The number of Topliss-reactive ketones (excluding diaryl/α,β-unsaturated/α-hetero) is 1. The van der Waals surface area contributed by atoms with Crippen LogP contribution >= 0.6 is 11.6 Å². The molecule has 0 spiro atoms. The van der Waals surface area contributed by atoms with Gasteiger partial charge in [-0.15, -0.1) is 0 Å². The van der Waals surface area contributed by atoms with Crippen LogP contribution in [0.1, 0.15) is 74.7 Å². The fourth-order valence-electron chi connectivity index (χ4n) is 6.28. The number of halogens is 4. The van der Waals surface area contributed by atoms with Crippen LogP contribution in [0.3, 0.4) is 0 Å². The van der Waals surface area contributed by atoms with Crippen molar-refractivity contribution in [3.63, 3.8) is 0 Å². The largest absolute Gasteiger partial charge is 0.467 e. The quantitative estimate of drug-likeness (QED) is 0.0902. The Labute approximate surface area is 309 Å². The molecular weight excluding hydrogens is 719 g/mol. The van der Waals surface area contributed by atoms with Gasteiger partial charge in [0.2, 0.25) is 17.7 Å². The maximum atomic E-state index is 13.1. The van der Waals surface area contributed by atoms with Crippen LogP contribution in [0.4, 0.5) is 30.8 Å². The molecule has 3 aromatic rings. The summed E-state index contributed by atoms with van der Waals surface area (Å²) >= 11 is 6.03. The molecule has 1 unspecified atom stereocenters. The number of alkyl halides is 3.